The monoisotopic (exact) mass is 590 g/mol. The molecule has 3 rings (SSSR count). The number of halogens is 3. The van der Waals surface area contributed by atoms with Crippen LogP contribution >= 0.6 is 46.6 Å². The van der Waals surface area contributed by atoms with Crippen LogP contribution in [0.15, 0.2) is 77.7 Å². The van der Waals surface area contributed by atoms with Crippen LogP contribution in [-0.2, 0) is 22.6 Å². The number of hydrogen-bond acceptors (Lipinski definition) is 3. The molecule has 202 valence electrons. The van der Waals surface area contributed by atoms with Crippen LogP contribution in [-0.4, -0.2) is 35.1 Å². The van der Waals surface area contributed by atoms with Gasteiger partial charge < -0.3 is 10.2 Å². The lowest BCUT2D eigenvalue weighted by Crippen LogP contribution is -2.51. The minimum Gasteiger partial charge on any atom is -0.354 e. The number of amides is 2. The van der Waals surface area contributed by atoms with Gasteiger partial charge in [-0.2, -0.15) is 0 Å². The van der Waals surface area contributed by atoms with Crippen molar-refractivity contribution < 1.29 is 9.59 Å². The number of nitrogens with zero attached hydrogens (tertiary/aromatic N) is 1. The summed E-state index contributed by atoms with van der Waals surface area (Å²) in [6, 6.07) is 22.0. The van der Waals surface area contributed by atoms with Crippen LogP contribution in [0.4, 0.5) is 0 Å². The van der Waals surface area contributed by atoms with Gasteiger partial charge >= 0.3 is 0 Å². The standard InChI is InChI=1S/C30H33Cl3N2O2S/c1-21(2)19-34-30(37)28(17-22-7-4-3-5-8-22)35(20-23-10-11-25(32)18-27(23)33)29(36)9-6-16-38-26-14-12-24(31)13-15-26/h3-5,7-8,10-15,18,21,28H,6,9,16-17,19-20H2,1-2H3,(H,34,37)/t28-/m0/s1. The molecule has 3 aromatic rings. The van der Waals surface area contributed by atoms with E-state index in [1.807, 2.05) is 74.5 Å². The highest BCUT2D eigenvalue weighted by atomic mass is 35.5. The summed E-state index contributed by atoms with van der Waals surface area (Å²) in [5.74, 6) is 0.798. The summed E-state index contributed by atoms with van der Waals surface area (Å²) in [5, 5.41) is 4.72. The van der Waals surface area contributed by atoms with E-state index in [1.165, 1.54) is 0 Å². The summed E-state index contributed by atoms with van der Waals surface area (Å²) in [5.41, 5.74) is 1.73. The Bertz CT molecular complexity index is 1190. The third kappa shape index (κ3) is 9.85. The van der Waals surface area contributed by atoms with E-state index in [2.05, 4.69) is 5.32 Å². The maximum absolute atomic E-state index is 13.7. The highest BCUT2D eigenvalue weighted by Gasteiger charge is 2.30. The van der Waals surface area contributed by atoms with Crippen LogP contribution in [0.1, 0.15) is 37.8 Å². The van der Waals surface area contributed by atoms with Crippen molar-refractivity contribution in [2.75, 3.05) is 12.3 Å². The zero-order valence-corrected chi connectivity index (χ0v) is 24.7. The highest BCUT2D eigenvalue weighted by Crippen LogP contribution is 2.26. The van der Waals surface area contributed by atoms with Crippen molar-refractivity contribution >= 4 is 58.4 Å². The molecule has 1 atom stereocenters. The fraction of sp³-hybridized carbons (Fsp3) is 0.333. The second-order valence-electron chi connectivity index (χ2n) is 9.51. The minimum absolute atomic E-state index is 0.0895. The first-order valence-electron chi connectivity index (χ1n) is 12.7. The Balaban J connectivity index is 1.81. The first-order valence-corrected chi connectivity index (χ1v) is 14.8. The molecule has 0 saturated carbocycles. The lowest BCUT2D eigenvalue weighted by molar-refractivity contribution is -0.141. The fourth-order valence-electron chi connectivity index (χ4n) is 3.90. The molecule has 4 nitrogen and oxygen atoms in total. The number of benzene rings is 3. The van der Waals surface area contributed by atoms with Crippen LogP contribution in [0.25, 0.3) is 0 Å². The van der Waals surface area contributed by atoms with Gasteiger partial charge in [0.1, 0.15) is 6.04 Å². The Labute approximate surface area is 245 Å². The molecule has 0 heterocycles. The molecule has 0 unspecified atom stereocenters. The average Bonchev–Trinajstić information content (AvgIpc) is 2.89. The molecule has 0 saturated heterocycles. The molecule has 2 amide bonds. The summed E-state index contributed by atoms with van der Waals surface area (Å²) in [6.07, 6.45) is 1.39. The molecule has 0 radical (unpaired) electrons. The second kappa shape index (κ2) is 15.4. The minimum atomic E-state index is -0.681. The SMILES string of the molecule is CC(C)CNC(=O)[C@H](Cc1ccccc1)N(Cc1ccc(Cl)cc1Cl)C(=O)CCCSc1ccc(Cl)cc1. The van der Waals surface area contributed by atoms with E-state index in [0.717, 1.165) is 21.8 Å². The molecular formula is C30H33Cl3N2O2S. The van der Waals surface area contributed by atoms with Crippen LogP contribution in [0.2, 0.25) is 15.1 Å². The van der Waals surface area contributed by atoms with Gasteiger partial charge in [0, 0.05) is 45.9 Å². The van der Waals surface area contributed by atoms with Crippen molar-refractivity contribution in [3.63, 3.8) is 0 Å². The van der Waals surface area contributed by atoms with E-state index >= 15 is 0 Å². The third-order valence-corrected chi connectivity index (χ3v) is 7.87. The van der Waals surface area contributed by atoms with Gasteiger partial charge in [0.2, 0.25) is 11.8 Å². The summed E-state index contributed by atoms with van der Waals surface area (Å²) >= 11 is 20.3. The summed E-state index contributed by atoms with van der Waals surface area (Å²) in [7, 11) is 0. The van der Waals surface area contributed by atoms with Gasteiger partial charge in [-0.25, -0.2) is 0 Å². The summed E-state index contributed by atoms with van der Waals surface area (Å²) < 4.78 is 0. The third-order valence-electron chi connectivity index (χ3n) is 5.93. The van der Waals surface area contributed by atoms with Crippen molar-refractivity contribution in [1.29, 1.82) is 0 Å². The quantitative estimate of drug-likeness (QED) is 0.162. The number of rotatable bonds is 13. The molecule has 38 heavy (non-hydrogen) atoms. The van der Waals surface area contributed by atoms with Gasteiger partial charge in [0.15, 0.2) is 0 Å². The van der Waals surface area contributed by atoms with Gasteiger partial charge in [-0.1, -0.05) is 85.0 Å². The van der Waals surface area contributed by atoms with Gasteiger partial charge in [0.05, 0.1) is 0 Å². The molecule has 0 aliphatic carbocycles. The molecule has 0 aromatic heterocycles. The fourth-order valence-corrected chi connectivity index (χ4v) is 5.34. The Morgan fingerprint density at radius 2 is 1.61 bits per heavy atom. The van der Waals surface area contributed by atoms with Crippen LogP contribution in [0.5, 0.6) is 0 Å². The number of thioether (sulfide) groups is 1. The highest BCUT2D eigenvalue weighted by molar-refractivity contribution is 7.99. The first-order chi connectivity index (χ1) is 18.2. The van der Waals surface area contributed by atoms with Crippen molar-refractivity contribution in [1.82, 2.24) is 10.2 Å². The van der Waals surface area contributed by atoms with Gasteiger partial charge in [0.25, 0.3) is 0 Å². The molecule has 0 spiro atoms. The van der Waals surface area contributed by atoms with Gasteiger partial charge in [-0.15, -0.1) is 11.8 Å². The molecule has 0 bridgehead atoms. The van der Waals surface area contributed by atoms with E-state index in [4.69, 9.17) is 34.8 Å². The first kappa shape index (κ1) is 30.4. The largest absolute Gasteiger partial charge is 0.354 e. The maximum atomic E-state index is 13.7. The zero-order chi connectivity index (χ0) is 27.5. The molecule has 0 fully saturated rings. The van der Waals surface area contributed by atoms with E-state index in [1.54, 1.807) is 28.8 Å². The normalized spacial score (nSPS) is 11.8. The van der Waals surface area contributed by atoms with Gasteiger partial charge in [-0.05, 0) is 65.6 Å². The molecule has 1 N–H and O–H groups in total. The molecule has 3 aromatic carbocycles. The number of hydrogen-bond donors (Lipinski definition) is 1. The second-order valence-corrected chi connectivity index (χ2v) is 12.0. The maximum Gasteiger partial charge on any atom is 0.243 e. The lowest BCUT2D eigenvalue weighted by Gasteiger charge is -2.32. The predicted molar refractivity (Wildman–Crippen MR) is 160 cm³/mol. The Morgan fingerprint density at radius 3 is 2.26 bits per heavy atom. The molecular weight excluding hydrogens is 559 g/mol. The summed E-state index contributed by atoms with van der Waals surface area (Å²) in [4.78, 5) is 30.0. The molecule has 0 aliphatic heterocycles. The smallest absolute Gasteiger partial charge is 0.243 e. The number of nitrogens with one attached hydrogen (secondary N) is 1. The zero-order valence-electron chi connectivity index (χ0n) is 21.6. The van der Waals surface area contributed by atoms with Crippen molar-refractivity contribution in [3.8, 4) is 0 Å². The number of carbonyl (C=O) groups is 2. The Morgan fingerprint density at radius 1 is 0.921 bits per heavy atom. The average molecular weight is 592 g/mol. The van der Waals surface area contributed by atoms with Gasteiger partial charge in [-0.3, -0.25) is 9.59 Å². The van der Waals surface area contributed by atoms with E-state index in [-0.39, 0.29) is 24.3 Å². The number of carbonyl (C=O) groups excluding carboxylic acids is 2. The van der Waals surface area contributed by atoms with E-state index in [0.29, 0.717) is 40.9 Å². The van der Waals surface area contributed by atoms with E-state index < -0.39 is 6.04 Å². The lowest BCUT2D eigenvalue weighted by atomic mass is 10.0. The van der Waals surface area contributed by atoms with Crippen LogP contribution in [0.3, 0.4) is 0 Å². The Hall–Kier alpha value is -2.18. The Kier molecular flexibility index (Phi) is 12.3. The van der Waals surface area contributed by atoms with E-state index in [9.17, 15) is 9.59 Å². The molecule has 8 heteroatoms. The predicted octanol–water partition coefficient (Wildman–Crippen LogP) is 7.93. The van der Waals surface area contributed by atoms with Crippen LogP contribution < -0.4 is 5.32 Å². The van der Waals surface area contributed by atoms with Crippen molar-refractivity contribution in [3.05, 3.63) is 99.0 Å². The topological polar surface area (TPSA) is 49.4 Å². The van der Waals surface area contributed by atoms with Crippen molar-refractivity contribution in [2.45, 2.75) is 50.6 Å². The van der Waals surface area contributed by atoms with Crippen LogP contribution in [0, 0.1) is 5.92 Å². The van der Waals surface area contributed by atoms with Crippen molar-refractivity contribution in [2.24, 2.45) is 5.92 Å². The summed E-state index contributed by atoms with van der Waals surface area (Å²) in [6.45, 7) is 4.83. The molecule has 0 aliphatic rings.